The largest absolute Gasteiger partial charge is 0.464 e. The fraction of sp³-hybridized carbons (Fsp3) is 0.444. The van der Waals surface area contributed by atoms with E-state index in [1.807, 2.05) is 0 Å². The molecule has 0 saturated carbocycles. The van der Waals surface area contributed by atoms with Gasteiger partial charge in [-0.05, 0) is 6.92 Å². The molecule has 1 atom stereocenters. The molecule has 6 nitrogen and oxygen atoms in total. The first-order chi connectivity index (χ1) is 7.04. The zero-order chi connectivity index (χ0) is 11.4. The molecule has 0 aliphatic carbocycles. The first kappa shape index (κ1) is 11.2. The summed E-state index contributed by atoms with van der Waals surface area (Å²) in [6.07, 6.45) is 1.19. The Morgan fingerprint density at radius 2 is 2.27 bits per heavy atom. The smallest absolute Gasteiger partial charge is 0.360 e. The maximum Gasteiger partial charge on any atom is 0.360 e. The van der Waals surface area contributed by atoms with Crippen molar-refractivity contribution in [3.63, 3.8) is 0 Å². The molecule has 0 aliphatic rings. The number of nitrogens with zero attached hydrogens (tertiary/aromatic N) is 1. The number of methoxy groups -OCH3 is 1. The summed E-state index contributed by atoms with van der Waals surface area (Å²) in [7, 11) is 1.26. The van der Waals surface area contributed by atoms with E-state index in [9.17, 15) is 9.59 Å². The van der Waals surface area contributed by atoms with Crippen molar-refractivity contribution in [3.05, 3.63) is 17.8 Å². The van der Waals surface area contributed by atoms with Crippen LogP contribution in [-0.4, -0.2) is 24.0 Å². The minimum atomic E-state index is -0.569. The summed E-state index contributed by atoms with van der Waals surface area (Å²) in [5.74, 6) is -0.494. The lowest BCUT2D eigenvalue weighted by Gasteiger charge is -2.06. The second-order valence-corrected chi connectivity index (χ2v) is 2.98. The molecule has 1 heterocycles. The first-order valence-electron chi connectivity index (χ1n) is 4.35. The molecule has 1 rings (SSSR count). The Bertz CT molecular complexity index is 372. The summed E-state index contributed by atoms with van der Waals surface area (Å²) in [6.45, 7) is 3.09. The lowest BCUT2D eigenvalue weighted by molar-refractivity contribution is -0.119. The van der Waals surface area contributed by atoms with Gasteiger partial charge in [-0.1, -0.05) is 0 Å². The standard InChI is InChI=1S/C9H12N2O4/c1-5(10-6(2)12)8-11-7(4-15-8)9(13)14-3/h4-5H,1-3H3,(H,10,12)/t5-/m0/s1. The average molecular weight is 212 g/mol. The van der Waals surface area contributed by atoms with E-state index in [0.29, 0.717) is 0 Å². The van der Waals surface area contributed by atoms with Crippen LogP contribution in [0.3, 0.4) is 0 Å². The predicted octanol–water partition coefficient (Wildman–Crippen LogP) is 0.658. The van der Waals surface area contributed by atoms with Gasteiger partial charge < -0.3 is 14.5 Å². The molecule has 0 bridgehead atoms. The number of ether oxygens (including phenoxy) is 1. The highest BCUT2D eigenvalue weighted by molar-refractivity contribution is 5.86. The third kappa shape index (κ3) is 2.80. The van der Waals surface area contributed by atoms with Crippen molar-refractivity contribution < 1.29 is 18.7 Å². The average Bonchev–Trinajstić information content (AvgIpc) is 2.64. The highest BCUT2D eigenvalue weighted by atomic mass is 16.5. The van der Waals surface area contributed by atoms with E-state index in [-0.39, 0.29) is 23.5 Å². The van der Waals surface area contributed by atoms with Crippen LogP contribution in [0.5, 0.6) is 0 Å². The minimum Gasteiger partial charge on any atom is -0.464 e. The molecule has 1 N–H and O–H groups in total. The molecule has 0 aromatic carbocycles. The number of oxazole rings is 1. The Morgan fingerprint density at radius 3 is 2.80 bits per heavy atom. The summed E-state index contributed by atoms with van der Waals surface area (Å²) < 4.78 is 9.49. The Labute approximate surface area is 86.6 Å². The molecule has 0 aliphatic heterocycles. The number of hydrogen-bond acceptors (Lipinski definition) is 5. The second kappa shape index (κ2) is 4.59. The number of carbonyl (C=O) groups is 2. The molecule has 6 heteroatoms. The van der Waals surface area contributed by atoms with Gasteiger partial charge in [0, 0.05) is 6.92 Å². The number of aromatic nitrogens is 1. The number of amides is 1. The van der Waals surface area contributed by atoms with Gasteiger partial charge in [-0.2, -0.15) is 0 Å². The van der Waals surface area contributed by atoms with Gasteiger partial charge in [-0.3, -0.25) is 4.79 Å². The molecule has 1 amide bonds. The number of esters is 1. The predicted molar refractivity (Wildman–Crippen MR) is 50.1 cm³/mol. The first-order valence-corrected chi connectivity index (χ1v) is 4.35. The highest BCUT2D eigenvalue weighted by Gasteiger charge is 2.17. The molecule has 0 spiro atoms. The lowest BCUT2D eigenvalue weighted by atomic mass is 10.3. The summed E-state index contributed by atoms with van der Waals surface area (Å²) in [6, 6.07) is -0.374. The van der Waals surface area contributed by atoms with Crippen LogP contribution in [-0.2, 0) is 9.53 Å². The maximum atomic E-state index is 11.0. The van der Waals surface area contributed by atoms with Crippen LogP contribution in [0.1, 0.15) is 36.3 Å². The van der Waals surface area contributed by atoms with Crippen LogP contribution in [0, 0.1) is 0 Å². The number of nitrogens with one attached hydrogen (secondary N) is 1. The van der Waals surface area contributed by atoms with Crippen molar-refractivity contribution in [1.29, 1.82) is 0 Å². The molecule has 15 heavy (non-hydrogen) atoms. The summed E-state index contributed by atoms with van der Waals surface area (Å²) in [5, 5.41) is 2.58. The van der Waals surface area contributed by atoms with Crippen LogP contribution in [0.25, 0.3) is 0 Å². The Hall–Kier alpha value is -1.85. The normalized spacial score (nSPS) is 11.9. The fourth-order valence-corrected chi connectivity index (χ4v) is 1.05. The third-order valence-electron chi connectivity index (χ3n) is 1.71. The third-order valence-corrected chi connectivity index (χ3v) is 1.71. The summed E-state index contributed by atoms with van der Waals surface area (Å²) in [4.78, 5) is 25.7. The zero-order valence-electron chi connectivity index (χ0n) is 8.73. The van der Waals surface area contributed by atoms with Crippen molar-refractivity contribution in [2.24, 2.45) is 0 Å². The van der Waals surface area contributed by atoms with E-state index in [4.69, 9.17) is 4.42 Å². The number of hydrogen-bond donors (Lipinski definition) is 1. The van der Waals surface area contributed by atoms with Gasteiger partial charge in [0.1, 0.15) is 12.3 Å². The van der Waals surface area contributed by atoms with E-state index >= 15 is 0 Å². The Kier molecular flexibility index (Phi) is 3.43. The topological polar surface area (TPSA) is 81.4 Å². The van der Waals surface area contributed by atoms with Crippen LogP contribution < -0.4 is 5.32 Å². The number of carbonyl (C=O) groups excluding carboxylic acids is 2. The van der Waals surface area contributed by atoms with Crippen molar-refractivity contribution in [3.8, 4) is 0 Å². The molecular weight excluding hydrogens is 200 g/mol. The van der Waals surface area contributed by atoms with Crippen molar-refractivity contribution in [2.45, 2.75) is 19.9 Å². The van der Waals surface area contributed by atoms with E-state index < -0.39 is 5.97 Å². The second-order valence-electron chi connectivity index (χ2n) is 2.98. The van der Waals surface area contributed by atoms with E-state index in [1.165, 1.54) is 20.3 Å². The molecule has 0 fully saturated rings. The monoisotopic (exact) mass is 212 g/mol. The number of rotatable bonds is 3. The van der Waals surface area contributed by atoms with Crippen LogP contribution in [0.4, 0.5) is 0 Å². The van der Waals surface area contributed by atoms with E-state index in [0.717, 1.165) is 0 Å². The zero-order valence-corrected chi connectivity index (χ0v) is 8.73. The molecule has 1 aromatic heterocycles. The quantitative estimate of drug-likeness (QED) is 0.744. The van der Waals surface area contributed by atoms with Gasteiger partial charge >= 0.3 is 5.97 Å². The SMILES string of the molecule is COC(=O)c1coc([C@H](C)NC(C)=O)n1. The van der Waals surface area contributed by atoms with Gasteiger partial charge in [0.2, 0.25) is 11.8 Å². The highest BCUT2D eigenvalue weighted by Crippen LogP contribution is 2.12. The van der Waals surface area contributed by atoms with Crippen molar-refractivity contribution in [1.82, 2.24) is 10.3 Å². The Balaban J connectivity index is 2.75. The molecule has 82 valence electrons. The van der Waals surface area contributed by atoms with Gasteiger partial charge in [0.15, 0.2) is 5.69 Å². The maximum absolute atomic E-state index is 11.0. The lowest BCUT2D eigenvalue weighted by Crippen LogP contribution is -2.23. The van der Waals surface area contributed by atoms with Crippen LogP contribution in [0.15, 0.2) is 10.7 Å². The van der Waals surface area contributed by atoms with Crippen LogP contribution >= 0.6 is 0 Å². The van der Waals surface area contributed by atoms with Gasteiger partial charge in [-0.25, -0.2) is 9.78 Å². The summed E-state index contributed by atoms with van der Waals surface area (Å²) >= 11 is 0. The van der Waals surface area contributed by atoms with Crippen molar-refractivity contribution >= 4 is 11.9 Å². The van der Waals surface area contributed by atoms with E-state index in [1.54, 1.807) is 6.92 Å². The molecule has 1 aromatic rings. The molecule has 0 unspecified atom stereocenters. The fourth-order valence-electron chi connectivity index (χ4n) is 1.05. The summed E-state index contributed by atoms with van der Waals surface area (Å²) in [5.41, 5.74) is 0.0877. The molecular formula is C9H12N2O4. The van der Waals surface area contributed by atoms with Gasteiger partial charge in [0.25, 0.3) is 0 Å². The minimum absolute atomic E-state index is 0.0877. The Morgan fingerprint density at radius 1 is 1.60 bits per heavy atom. The van der Waals surface area contributed by atoms with Gasteiger partial charge in [-0.15, -0.1) is 0 Å². The van der Waals surface area contributed by atoms with Gasteiger partial charge in [0.05, 0.1) is 7.11 Å². The van der Waals surface area contributed by atoms with Crippen molar-refractivity contribution in [2.75, 3.05) is 7.11 Å². The van der Waals surface area contributed by atoms with E-state index in [2.05, 4.69) is 15.0 Å². The molecule has 0 saturated heterocycles. The van der Waals surface area contributed by atoms with Crippen LogP contribution in [0.2, 0.25) is 0 Å². The molecule has 0 radical (unpaired) electrons.